The lowest BCUT2D eigenvalue weighted by molar-refractivity contribution is -0.301. The van der Waals surface area contributed by atoms with Crippen LogP contribution in [0.3, 0.4) is 0 Å². The Hall–Kier alpha value is -2.20. The molecule has 0 amide bonds. The van der Waals surface area contributed by atoms with Gasteiger partial charge in [-0.05, 0) is 38.5 Å². The maximum absolute atomic E-state index is 12.7. The predicted molar refractivity (Wildman–Crippen MR) is 206 cm³/mol. The van der Waals surface area contributed by atoms with E-state index in [1.165, 1.54) is 51.4 Å². The zero-order chi connectivity index (χ0) is 39.0. The summed E-state index contributed by atoms with van der Waals surface area (Å²) < 4.78 is 58.6. The smallest absolute Gasteiger partial charge is 0.397 e. The molecule has 0 aromatic heterocycles. The predicted octanol–water partition coefficient (Wildman–Crippen LogP) is 7.01. The van der Waals surface area contributed by atoms with Gasteiger partial charge in [0, 0.05) is 6.61 Å². The van der Waals surface area contributed by atoms with Crippen LogP contribution in [0.15, 0.2) is 60.8 Å². The van der Waals surface area contributed by atoms with E-state index in [-0.39, 0.29) is 19.6 Å². The summed E-state index contributed by atoms with van der Waals surface area (Å²) in [7, 11) is -5.07. The third-order valence-corrected chi connectivity index (χ3v) is 8.90. The van der Waals surface area contributed by atoms with Gasteiger partial charge >= 0.3 is 16.4 Å². The fourth-order valence-corrected chi connectivity index (χ4v) is 6.02. The normalized spacial score (nSPS) is 22.0. The molecule has 6 atom stereocenters. The van der Waals surface area contributed by atoms with Crippen molar-refractivity contribution in [1.82, 2.24) is 0 Å². The van der Waals surface area contributed by atoms with Crippen molar-refractivity contribution in [2.45, 2.75) is 160 Å². The maximum atomic E-state index is 12.7. The van der Waals surface area contributed by atoms with Gasteiger partial charge in [0.2, 0.25) is 0 Å². The molecule has 12 nitrogen and oxygen atoms in total. The number of carbonyl (C=O) groups is 1. The van der Waals surface area contributed by atoms with Crippen LogP contribution >= 0.6 is 0 Å². The number of carbonyl (C=O) groups excluding carboxylic acids is 1. The Kier molecular flexibility index (Phi) is 29.6. The van der Waals surface area contributed by atoms with Crippen LogP contribution in [0.5, 0.6) is 0 Å². The summed E-state index contributed by atoms with van der Waals surface area (Å²) in [5.41, 5.74) is 0. The molecule has 53 heavy (non-hydrogen) atoms. The van der Waals surface area contributed by atoms with E-state index in [0.717, 1.165) is 44.9 Å². The molecule has 0 aromatic carbocycles. The molecule has 0 aromatic rings. The first kappa shape index (κ1) is 48.8. The molecule has 1 saturated heterocycles. The fraction of sp³-hybridized carbons (Fsp3) is 0.725. The second-order valence-electron chi connectivity index (χ2n) is 13.2. The van der Waals surface area contributed by atoms with Crippen LogP contribution in [-0.4, -0.2) is 97.5 Å². The van der Waals surface area contributed by atoms with Gasteiger partial charge in [-0.3, -0.25) is 9.35 Å². The minimum atomic E-state index is -5.07. The van der Waals surface area contributed by atoms with Gasteiger partial charge in [0.15, 0.2) is 6.29 Å². The first-order chi connectivity index (χ1) is 25.6. The van der Waals surface area contributed by atoms with Crippen molar-refractivity contribution in [1.29, 1.82) is 0 Å². The number of aliphatic hydroxyl groups is 3. The highest BCUT2D eigenvalue weighted by Crippen LogP contribution is 2.26. The second kappa shape index (κ2) is 32.1. The van der Waals surface area contributed by atoms with Crippen LogP contribution in [0.25, 0.3) is 0 Å². The van der Waals surface area contributed by atoms with Crippen molar-refractivity contribution < 1.29 is 56.2 Å². The monoisotopic (exact) mass is 772 g/mol. The summed E-state index contributed by atoms with van der Waals surface area (Å²) in [6.07, 6.45) is 28.6. The first-order valence-corrected chi connectivity index (χ1v) is 20.9. The van der Waals surface area contributed by atoms with E-state index in [4.69, 9.17) is 23.5 Å². The van der Waals surface area contributed by atoms with Gasteiger partial charge in [-0.2, -0.15) is 8.42 Å². The number of aliphatic hydroxyl groups excluding tert-OH is 3. The largest absolute Gasteiger partial charge is 0.457 e. The van der Waals surface area contributed by atoms with Crippen LogP contribution < -0.4 is 0 Å². The van der Waals surface area contributed by atoms with Gasteiger partial charge in [-0.25, -0.2) is 4.18 Å². The highest BCUT2D eigenvalue weighted by atomic mass is 32.3. The molecule has 1 aliphatic rings. The molecule has 0 spiro atoms. The average Bonchev–Trinajstić information content (AvgIpc) is 3.12. The second-order valence-corrected chi connectivity index (χ2v) is 14.2. The molecule has 6 unspecified atom stereocenters. The van der Waals surface area contributed by atoms with E-state index in [1.807, 2.05) is 12.2 Å². The summed E-state index contributed by atoms with van der Waals surface area (Å²) in [5, 5.41) is 30.5. The van der Waals surface area contributed by atoms with Gasteiger partial charge < -0.3 is 34.3 Å². The fourth-order valence-electron chi connectivity index (χ4n) is 5.51. The van der Waals surface area contributed by atoms with E-state index in [9.17, 15) is 28.5 Å². The van der Waals surface area contributed by atoms with Gasteiger partial charge in [0.25, 0.3) is 0 Å². The van der Waals surface area contributed by atoms with E-state index < -0.39 is 59.8 Å². The standard InChI is InChI=1S/C40H68O12S/c1-3-5-7-9-11-13-15-16-17-18-19-21-23-25-27-29-36(42)50-34(32-48-30-28-26-24-22-20-14-12-10-8-6-4-2)33-49-40-38(44)39(52-53(45,46)47)37(43)35(31-41)51-40/h5,7,11,13,16-17,19,21,25,27,34-35,37-41,43-44H,3-4,6,8-10,12,14-15,18,20,22-24,26,28-33H2,1-2H3,(H,45,46,47)/b7-5-,13-11-,17-16-,21-19-,27-25-. The van der Waals surface area contributed by atoms with E-state index in [2.05, 4.69) is 60.6 Å². The van der Waals surface area contributed by atoms with E-state index in [0.29, 0.717) is 13.0 Å². The van der Waals surface area contributed by atoms with Gasteiger partial charge in [0.05, 0.1) is 26.2 Å². The topological polar surface area (TPSA) is 178 Å². The van der Waals surface area contributed by atoms with Crippen molar-refractivity contribution >= 4 is 16.4 Å². The lowest BCUT2D eigenvalue weighted by Crippen LogP contribution is -2.60. The zero-order valence-corrected chi connectivity index (χ0v) is 32.9. The van der Waals surface area contributed by atoms with Crippen LogP contribution in [0.4, 0.5) is 0 Å². The van der Waals surface area contributed by atoms with E-state index in [1.54, 1.807) is 6.08 Å². The summed E-state index contributed by atoms with van der Waals surface area (Å²) in [6.45, 7) is 3.71. The first-order valence-electron chi connectivity index (χ1n) is 19.5. The molecule has 306 valence electrons. The van der Waals surface area contributed by atoms with Crippen LogP contribution in [0.2, 0.25) is 0 Å². The highest BCUT2D eigenvalue weighted by Gasteiger charge is 2.48. The number of rotatable bonds is 32. The third kappa shape index (κ3) is 26.3. The molecule has 4 N–H and O–H groups in total. The number of hydrogen-bond acceptors (Lipinski definition) is 11. The van der Waals surface area contributed by atoms with Crippen LogP contribution in [-0.2, 0) is 38.3 Å². The Labute approximate surface area is 318 Å². The maximum Gasteiger partial charge on any atom is 0.397 e. The summed E-state index contributed by atoms with van der Waals surface area (Å²) in [4.78, 5) is 12.7. The Balaban J connectivity index is 2.58. The minimum Gasteiger partial charge on any atom is -0.457 e. The van der Waals surface area contributed by atoms with Crippen molar-refractivity contribution in [3.05, 3.63) is 60.8 Å². The molecule has 0 saturated carbocycles. The number of ether oxygens (including phenoxy) is 4. The highest BCUT2D eigenvalue weighted by molar-refractivity contribution is 7.80. The molecular weight excluding hydrogens is 704 g/mol. The van der Waals surface area contributed by atoms with Gasteiger partial charge in [-0.1, -0.05) is 139 Å². The lowest BCUT2D eigenvalue weighted by Gasteiger charge is -2.41. The summed E-state index contributed by atoms with van der Waals surface area (Å²) in [6, 6.07) is 0. The van der Waals surface area contributed by atoms with Crippen molar-refractivity contribution in [2.24, 2.45) is 0 Å². The van der Waals surface area contributed by atoms with Crippen molar-refractivity contribution in [2.75, 3.05) is 26.4 Å². The van der Waals surface area contributed by atoms with Gasteiger partial charge in [-0.15, -0.1) is 0 Å². The Morgan fingerprint density at radius 3 is 1.74 bits per heavy atom. The Morgan fingerprint density at radius 2 is 1.23 bits per heavy atom. The van der Waals surface area contributed by atoms with Gasteiger partial charge in [0.1, 0.15) is 30.5 Å². The van der Waals surface area contributed by atoms with Crippen LogP contribution in [0, 0.1) is 0 Å². The van der Waals surface area contributed by atoms with E-state index >= 15 is 0 Å². The minimum absolute atomic E-state index is 0.00498. The number of esters is 1. The van der Waals surface area contributed by atoms with Crippen LogP contribution in [0.1, 0.15) is 123 Å². The molecule has 1 aliphatic heterocycles. The molecule has 0 aliphatic carbocycles. The number of allylic oxidation sites excluding steroid dienone is 9. The summed E-state index contributed by atoms with van der Waals surface area (Å²) in [5.74, 6) is -0.528. The molecular formula is C40H68O12S. The van der Waals surface area contributed by atoms with Crippen molar-refractivity contribution in [3.63, 3.8) is 0 Å². The Morgan fingerprint density at radius 1 is 0.717 bits per heavy atom. The Bertz CT molecular complexity index is 1170. The number of unbranched alkanes of at least 4 members (excludes halogenated alkanes) is 10. The average molecular weight is 773 g/mol. The molecule has 0 bridgehead atoms. The summed E-state index contributed by atoms with van der Waals surface area (Å²) >= 11 is 0. The number of hydrogen-bond donors (Lipinski definition) is 4. The molecule has 1 rings (SSSR count). The molecule has 1 heterocycles. The third-order valence-electron chi connectivity index (χ3n) is 8.44. The molecule has 13 heteroatoms. The zero-order valence-electron chi connectivity index (χ0n) is 32.0. The molecule has 0 radical (unpaired) electrons. The lowest BCUT2D eigenvalue weighted by atomic mass is 9.99. The molecule has 1 fully saturated rings. The quantitative estimate of drug-likeness (QED) is 0.0238. The SMILES string of the molecule is CC/C=C\C/C=C\C/C=C\C/C=C\C/C=C\CC(=O)OC(COCCCCCCCCCCCCC)COC1OC(CO)C(O)C(OS(=O)(=O)O)C1O. The van der Waals surface area contributed by atoms with Crippen molar-refractivity contribution in [3.8, 4) is 0 Å².